The SMILES string of the molecule is Cc1cccc(NC(=O)N2CCCCC2c2nc(-c3ccc(Br)cc3)no2)c1. The molecule has 2 aromatic carbocycles. The van der Waals surface area contributed by atoms with Crippen molar-refractivity contribution in [2.75, 3.05) is 11.9 Å². The Hall–Kier alpha value is -2.67. The highest BCUT2D eigenvalue weighted by Gasteiger charge is 2.32. The number of benzene rings is 2. The van der Waals surface area contributed by atoms with Crippen LogP contribution in [0.3, 0.4) is 0 Å². The molecule has 4 rings (SSSR count). The molecule has 1 atom stereocenters. The van der Waals surface area contributed by atoms with Gasteiger partial charge in [-0.3, -0.25) is 0 Å². The summed E-state index contributed by atoms with van der Waals surface area (Å²) < 4.78 is 6.54. The van der Waals surface area contributed by atoms with Crippen molar-refractivity contribution < 1.29 is 9.32 Å². The van der Waals surface area contributed by atoms with E-state index in [2.05, 4.69) is 31.4 Å². The second kappa shape index (κ2) is 8.14. The Morgan fingerprint density at radius 1 is 1.21 bits per heavy atom. The fraction of sp³-hybridized carbons (Fsp3) is 0.286. The summed E-state index contributed by atoms with van der Waals surface area (Å²) in [7, 11) is 0. The van der Waals surface area contributed by atoms with Gasteiger partial charge >= 0.3 is 6.03 Å². The molecule has 144 valence electrons. The van der Waals surface area contributed by atoms with Crippen molar-refractivity contribution in [2.45, 2.75) is 32.2 Å². The fourth-order valence-corrected chi connectivity index (χ4v) is 3.70. The van der Waals surface area contributed by atoms with Crippen molar-refractivity contribution in [1.29, 1.82) is 0 Å². The molecule has 0 aliphatic carbocycles. The molecule has 1 unspecified atom stereocenters. The van der Waals surface area contributed by atoms with Crippen molar-refractivity contribution in [3.8, 4) is 11.4 Å². The van der Waals surface area contributed by atoms with E-state index in [0.29, 0.717) is 18.3 Å². The monoisotopic (exact) mass is 440 g/mol. The number of likely N-dealkylation sites (tertiary alicyclic amines) is 1. The van der Waals surface area contributed by atoms with E-state index >= 15 is 0 Å². The molecular formula is C21H21BrN4O2. The number of rotatable bonds is 3. The largest absolute Gasteiger partial charge is 0.337 e. The van der Waals surface area contributed by atoms with Crippen LogP contribution in [-0.4, -0.2) is 27.6 Å². The van der Waals surface area contributed by atoms with Crippen LogP contribution in [0.15, 0.2) is 57.5 Å². The third-order valence-corrected chi connectivity index (χ3v) is 5.39. The number of carbonyl (C=O) groups is 1. The quantitative estimate of drug-likeness (QED) is 0.577. The van der Waals surface area contributed by atoms with Crippen molar-refractivity contribution in [3.05, 3.63) is 64.5 Å². The van der Waals surface area contributed by atoms with Crippen LogP contribution in [0.1, 0.15) is 36.8 Å². The van der Waals surface area contributed by atoms with E-state index < -0.39 is 0 Å². The highest BCUT2D eigenvalue weighted by molar-refractivity contribution is 9.10. The summed E-state index contributed by atoms with van der Waals surface area (Å²) >= 11 is 3.43. The van der Waals surface area contributed by atoms with Gasteiger partial charge in [0.15, 0.2) is 0 Å². The van der Waals surface area contributed by atoms with E-state index in [9.17, 15) is 4.79 Å². The van der Waals surface area contributed by atoms with E-state index in [1.165, 1.54) is 0 Å². The lowest BCUT2D eigenvalue weighted by atomic mass is 10.0. The highest BCUT2D eigenvalue weighted by Crippen LogP contribution is 2.32. The van der Waals surface area contributed by atoms with Crippen LogP contribution >= 0.6 is 15.9 Å². The van der Waals surface area contributed by atoms with Crippen LogP contribution < -0.4 is 5.32 Å². The van der Waals surface area contributed by atoms with Crippen LogP contribution in [0.4, 0.5) is 10.5 Å². The molecule has 7 heteroatoms. The maximum Gasteiger partial charge on any atom is 0.322 e. The number of halogens is 1. The second-order valence-corrected chi connectivity index (χ2v) is 7.88. The van der Waals surface area contributed by atoms with E-state index in [1.54, 1.807) is 4.90 Å². The summed E-state index contributed by atoms with van der Waals surface area (Å²) in [4.78, 5) is 19.3. The second-order valence-electron chi connectivity index (χ2n) is 6.97. The number of urea groups is 1. The summed E-state index contributed by atoms with van der Waals surface area (Å²) in [5, 5.41) is 7.11. The smallest absolute Gasteiger partial charge is 0.322 e. The van der Waals surface area contributed by atoms with Gasteiger partial charge in [-0.2, -0.15) is 4.98 Å². The molecule has 1 saturated heterocycles. The molecule has 0 saturated carbocycles. The van der Waals surface area contributed by atoms with Crippen molar-refractivity contribution in [1.82, 2.24) is 15.0 Å². The van der Waals surface area contributed by atoms with Crippen molar-refractivity contribution >= 4 is 27.6 Å². The van der Waals surface area contributed by atoms with Crippen LogP contribution in [0, 0.1) is 6.92 Å². The van der Waals surface area contributed by atoms with E-state index in [4.69, 9.17) is 4.52 Å². The molecule has 1 fully saturated rings. The normalized spacial score (nSPS) is 16.8. The van der Waals surface area contributed by atoms with Crippen LogP contribution in [-0.2, 0) is 0 Å². The maximum absolute atomic E-state index is 12.9. The van der Waals surface area contributed by atoms with E-state index in [0.717, 1.165) is 40.5 Å². The standard InChI is InChI=1S/C21H21BrN4O2/c1-14-5-4-6-17(13-14)23-21(27)26-12-3-2-7-18(26)20-24-19(25-28-20)15-8-10-16(22)11-9-15/h4-6,8-11,13,18H,2-3,7,12H2,1H3,(H,23,27). The lowest BCUT2D eigenvalue weighted by Crippen LogP contribution is -2.41. The number of anilines is 1. The third-order valence-electron chi connectivity index (χ3n) is 4.86. The zero-order valence-corrected chi connectivity index (χ0v) is 17.1. The Morgan fingerprint density at radius 3 is 2.82 bits per heavy atom. The predicted octanol–water partition coefficient (Wildman–Crippen LogP) is 5.57. The van der Waals surface area contributed by atoms with Gasteiger partial charge < -0.3 is 14.7 Å². The molecule has 0 bridgehead atoms. The molecule has 1 aliphatic heterocycles. The number of hydrogen-bond acceptors (Lipinski definition) is 4. The summed E-state index contributed by atoms with van der Waals surface area (Å²) in [6.45, 7) is 2.67. The van der Waals surface area contributed by atoms with Gasteiger partial charge in [0, 0.05) is 22.3 Å². The van der Waals surface area contributed by atoms with Gasteiger partial charge in [0.25, 0.3) is 0 Å². The zero-order chi connectivity index (χ0) is 19.5. The van der Waals surface area contributed by atoms with Gasteiger partial charge in [-0.1, -0.05) is 33.2 Å². The number of aryl methyl sites for hydroxylation is 1. The first-order chi connectivity index (χ1) is 13.6. The first-order valence-electron chi connectivity index (χ1n) is 9.34. The first-order valence-corrected chi connectivity index (χ1v) is 10.1. The van der Waals surface area contributed by atoms with Gasteiger partial charge in [0.05, 0.1) is 0 Å². The first kappa shape index (κ1) is 18.7. The van der Waals surface area contributed by atoms with E-state index in [1.807, 2.05) is 55.5 Å². The Kier molecular flexibility index (Phi) is 5.43. The molecule has 2 amide bonds. The van der Waals surface area contributed by atoms with Crippen LogP contribution in [0.25, 0.3) is 11.4 Å². The minimum absolute atomic E-state index is 0.140. The summed E-state index contributed by atoms with van der Waals surface area (Å²) in [5.74, 6) is 1.02. The molecule has 1 aliphatic rings. The Bertz CT molecular complexity index is 971. The molecule has 6 nitrogen and oxygen atoms in total. The minimum Gasteiger partial charge on any atom is -0.337 e. The molecule has 1 N–H and O–H groups in total. The van der Waals surface area contributed by atoms with Crippen LogP contribution in [0.2, 0.25) is 0 Å². The van der Waals surface area contributed by atoms with E-state index in [-0.39, 0.29) is 12.1 Å². The summed E-state index contributed by atoms with van der Waals surface area (Å²) in [6.07, 6.45) is 2.80. The molecule has 3 aromatic rings. The average Bonchev–Trinajstić information content (AvgIpc) is 3.18. The molecule has 0 radical (unpaired) electrons. The lowest BCUT2D eigenvalue weighted by molar-refractivity contribution is 0.142. The lowest BCUT2D eigenvalue weighted by Gasteiger charge is -2.33. The molecule has 0 spiro atoms. The summed E-state index contributed by atoms with van der Waals surface area (Å²) in [5.41, 5.74) is 2.77. The average molecular weight is 441 g/mol. The number of nitrogens with zero attached hydrogens (tertiary/aromatic N) is 3. The predicted molar refractivity (Wildman–Crippen MR) is 111 cm³/mol. The Balaban J connectivity index is 1.54. The maximum atomic E-state index is 12.9. The fourth-order valence-electron chi connectivity index (χ4n) is 3.44. The van der Waals surface area contributed by atoms with Gasteiger partial charge in [-0.25, -0.2) is 4.79 Å². The van der Waals surface area contributed by atoms with Crippen molar-refractivity contribution in [3.63, 3.8) is 0 Å². The Morgan fingerprint density at radius 2 is 2.04 bits per heavy atom. The van der Waals surface area contributed by atoms with Crippen molar-refractivity contribution in [2.24, 2.45) is 0 Å². The number of hydrogen-bond donors (Lipinski definition) is 1. The number of amides is 2. The van der Waals surface area contributed by atoms with Crippen LogP contribution in [0.5, 0.6) is 0 Å². The number of aromatic nitrogens is 2. The molecular weight excluding hydrogens is 420 g/mol. The zero-order valence-electron chi connectivity index (χ0n) is 15.6. The van der Waals surface area contributed by atoms with Gasteiger partial charge in [-0.05, 0) is 68.1 Å². The number of nitrogens with one attached hydrogen (secondary N) is 1. The van der Waals surface area contributed by atoms with Gasteiger partial charge in [0.1, 0.15) is 6.04 Å². The number of piperidine rings is 1. The molecule has 2 heterocycles. The topological polar surface area (TPSA) is 71.3 Å². The Labute approximate surface area is 172 Å². The summed E-state index contributed by atoms with van der Waals surface area (Å²) in [6, 6.07) is 15.2. The third kappa shape index (κ3) is 4.09. The van der Waals surface area contributed by atoms with Gasteiger partial charge in [-0.15, -0.1) is 0 Å². The minimum atomic E-state index is -0.213. The number of carbonyl (C=O) groups excluding carboxylic acids is 1. The highest BCUT2D eigenvalue weighted by atomic mass is 79.9. The van der Waals surface area contributed by atoms with Gasteiger partial charge in [0.2, 0.25) is 11.7 Å². The molecule has 1 aromatic heterocycles. The molecule has 28 heavy (non-hydrogen) atoms.